The molecule has 0 atom stereocenters. The average Bonchev–Trinajstić information content (AvgIpc) is 2.43. The Kier molecular flexibility index (Phi) is 9.76. The molecule has 21 heavy (non-hydrogen) atoms. The topological polar surface area (TPSA) is 52.6 Å². The Morgan fingerprint density at radius 2 is 1.62 bits per heavy atom. The maximum Gasteiger partial charge on any atom is 0.323 e. The Morgan fingerprint density at radius 3 is 2.05 bits per heavy atom. The Hall–Kier alpha value is -1.32. The minimum Gasteiger partial charge on any atom is -0.465 e. The van der Waals surface area contributed by atoms with E-state index in [0.29, 0.717) is 25.4 Å². The summed E-state index contributed by atoms with van der Waals surface area (Å²) in [6.07, 6.45) is 4.66. The fourth-order valence-electron chi connectivity index (χ4n) is 2.27. The van der Waals surface area contributed by atoms with Crippen molar-refractivity contribution >= 4 is 11.9 Å². The van der Waals surface area contributed by atoms with Gasteiger partial charge in [-0.1, -0.05) is 53.2 Å². The molecule has 0 fully saturated rings. The molecule has 0 aromatic carbocycles. The molecular formula is C17H30O4. The van der Waals surface area contributed by atoms with E-state index in [1.807, 2.05) is 13.8 Å². The monoisotopic (exact) mass is 298 g/mol. The van der Waals surface area contributed by atoms with Crippen molar-refractivity contribution in [2.24, 2.45) is 11.3 Å². The van der Waals surface area contributed by atoms with Crippen LogP contribution in [0.2, 0.25) is 0 Å². The summed E-state index contributed by atoms with van der Waals surface area (Å²) < 4.78 is 10.5. The number of hydrogen-bond acceptors (Lipinski definition) is 4. The van der Waals surface area contributed by atoms with Crippen LogP contribution in [0.15, 0.2) is 12.7 Å². The molecule has 0 rings (SSSR count). The van der Waals surface area contributed by atoms with Gasteiger partial charge in [0.1, 0.15) is 6.61 Å². The fourth-order valence-corrected chi connectivity index (χ4v) is 2.27. The molecule has 0 aliphatic carbocycles. The van der Waals surface area contributed by atoms with Gasteiger partial charge in [-0.05, 0) is 25.2 Å². The molecule has 0 saturated heterocycles. The van der Waals surface area contributed by atoms with Crippen LogP contribution in [0.1, 0.15) is 59.8 Å². The van der Waals surface area contributed by atoms with E-state index in [9.17, 15) is 9.59 Å². The first-order chi connectivity index (χ1) is 9.94. The predicted octanol–water partition coefficient (Wildman–Crippen LogP) is 3.89. The number of carbonyl (C=O) groups excluding carboxylic acids is 2. The lowest BCUT2D eigenvalue weighted by Gasteiger charge is -2.28. The highest BCUT2D eigenvalue weighted by molar-refractivity contribution is 6.00. The molecule has 4 heteroatoms. The van der Waals surface area contributed by atoms with Gasteiger partial charge in [-0.2, -0.15) is 0 Å². The second-order valence-corrected chi connectivity index (χ2v) is 5.79. The van der Waals surface area contributed by atoms with Crippen molar-refractivity contribution in [1.82, 2.24) is 0 Å². The van der Waals surface area contributed by atoms with Crippen LogP contribution in [0, 0.1) is 11.3 Å². The van der Waals surface area contributed by atoms with Gasteiger partial charge in [0.05, 0.1) is 6.61 Å². The zero-order valence-corrected chi connectivity index (χ0v) is 13.9. The molecule has 0 aromatic heterocycles. The van der Waals surface area contributed by atoms with Crippen LogP contribution in [0.3, 0.4) is 0 Å². The SMILES string of the molecule is C=CCOC(=O)C(CCC)(CCC)C(=O)OCCC(C)C. The Labute approximate surface area is 128 Å². The third-order valence-electron chi connectivity index (χ3n) is 3.40. The minimum absolute atomic E-state index is 0.118. The number of carbonyl (C=O) groups is 2. The Balaban J connectivity index is 5.01. The van der Waals surface area contributed by atoms with E-state index >= 15 is 0 Å². The van der Waals surface area contributed by atoms with Crippen LogP contribution in [0.25, 0.3) is 0 Å². The van der Waals surface area contributed by atoms with E-state index < -0.39 is 17.4 Å². The highest BCUT2D eigenvalue weighted by Gasteiger charge is 2.47. The second-order valence-electron chi connectivity index (χ2n) is 5.79. The minimum atomic E-state index is -1.16. The van der Waals surface area contributed by atoms with Crippen molar-refractivity contribution < 1.29 is 19.1 Å². The molecule has 122 valence electrons. The lowest BCUT2D eigenvalue weighted by atomic mass is 9.79. The van der Waals surface area contributed by atoms with Crippen molar-refractivity contribution in [2.75, 3.05) is 13.2 Å². The lowest BCUT2D eigenvalue weighted by molar-refractivity contribution is -0.173. The molecule has 0 bridgehead atoms. The number of ether oxygens (including phenoxy) is 2. The van der Waals surface area contributed by atoms with Gasteiger partial charge < -0.3 is 9.47 Å². The van der Waals surface area contributed by atoms with E-state index in [4.69, 9.17) is 9.47 Å². The fraction of sp³-hybridized carbons (Fsp3) is 0.765. The lowest BCUT2D eigenvalue weighted by Crippen LogP contribution is -2.42. The zero-order valence-electron chi connectivity index (χ0n) is 13.9. The number of esters is 2. The molecule has 0 N–H and O–H groups in total. The third kappa shape index (κ3) is 6.32. The van der Waals surface area contributed by atoms with Gasteiger partial charge in [-0.25, -0.2) is 0 Å². The maximum absolute atomic E-state index is 12.5. The molecule has 0 radical (unpaired) electrons. The summed E-state index contributed by atoms with van der Waals surface area (Å²) in [6, 6.07) is 0. The standard InChI is InChI=1S/C17H30O4/c1-6-10-17(11-7-2,15(18)20-12-8-3)16(19)21-13-9-14(4)5/h8,14H,3,6-7,9-13H2,1-2,4-5H3. The molecule has 0 spiro atoms. The highest BCUT2D eigenvalue weighted by Crippen LogP contribution is 2.33. The summed E-state index contributed by atoms with van der Waals surface area (Å²) in [7, 11) is 0. The van der Waals surface area contributed by atoms with Crippen LogP contribution >= 0.6 is 0 Å². The van der Waals surface area contributed by atoms with Crippen molar-refractivity contribution in [3.8, 4) is 0 Å². The first kappa shape index (κ1) is 19.7. The summed E-state index contributed by atoms with van der Waals surface area (Å²) in [6.45, 7) is 12.0. The quantitative estimate of drug-likeness (QED) is 0.330. The maximum atomic E-state index is 12.5. The molecule has 0 aliphatic heterocycles. The molecule has 0 saturated carbocycles. The summed E-state index contributed by atoms with van der Waals surface area (Å²) in [5, 5.41) is 0. The third-order valence-corrected chi connectivity index (χ3v) is 3.40. The van der Waals surface area contributed by atoms with Gasteiger partial charge in [-0.15, -0.1) is 0 Å². The first-order valence-corrected chi connectivity index (χ1v) is 7.89. The van der Waals surface area contributed by atoms with Gasteiger partial charge >= 0.3 is 11.9 Å². The molecule has 0 heterocycles. The van der Waals surface area contributed by atoms with Crippen LogP contribution in [-0.4, -0.2) is 25.2 Å². The van der Waals surface area contributed by atoms with Crippen LogP contribution in [-0.2, 0) is 19.1 Å². The van der Waals surface area contributed by atoms with E-state index in [1.165, 1.54) is 6.08 Å². The van der Waals surface area contributed by atoms with Crippen LogP contribution in [0.5, 0.6) is 0 Å². The summed E-state index contributed by atoms with van der Waals surface area (Å²) in [5.41, 5.74) is -1.16. The van der Waals surface area contributed by atoms with Gasteiger partial charge in [0.25, 0.3) is 0 Å². The molecule has 0 aliphatic rings. The summed E-state index contributed by atoms with van der Waals surface area (Å²) >= 11 is 0. The number of hydrogen-bond donors (Lipinski definition) is 0. The molecule has 0 unspecified atom stereocenters. The van der Waals surface area contributed by atoms with Gasteiger partial charge in [0.15, 0.2) is 5.41 Å². The van der Waals surface area contributed by atoms with E-state index in [1.54, 1.807) is 0 Å². The normalized spacial score (nSPS) is 11.3. The first-order valence-electron chi connectivity index (χ1n) is 7.89. The molecular weight excluding hydrogens is 268 g/mol. The van der Waals surface area contributed by atoms with Crippen molar-refractivity contribution in [3.63, 3.8) is 0 Å². The zero-order chi connectivity index (χ0) is 16.3. The number of rotatable bonds is 11. The average molecular weight is 298 g/mol. The Bertz CT molecular complexity index is 328. The molecule has 4 nitrogen and oxygen atoms in total. The van der Waals surface area contributed by atoms with Gasteiger partial charge in [0.2, 0.25) is 0 Å². The van der Waals surface area contributed by atoms with Gasteiger partial charge in [-0.3, -0.25) is 9.59 Å². The largest absolute Gasteiger partial charge is 0.465 e. The molecule has 0 aromatic rings. The van der Waals surface area contributed by atoms with E-state index in [2.05, 4.69) is 20.4 Å². The second kappa shape index (κ2) is 10.4. The van der Waals surface area contributed by atoms with E-state index in [-0.39, 0.29) is 6.61 Å². The smallest absolute Gasteiger partial charge is 0.323 e. The summed E-state index contributed by atoms with van der Waals surface area (Å²) in [4.78, 5) is 24.9. The predicted molar refractivity (Wildman–Crippen MR) is 83.8 cm³/mol. The van der Waals surface area contributed by atoms with E-state index in [0.717, 1.165) is 19.3 Å². The summed E-state index contributed by atoms with van der Waals surface area (Å²) in [5.74, 6) is -0.473. The van der Waals surface area contributed by atoms with Crippen LogP contribution in [0.4, 0.5) is 0 Å². The highest BCUT2D eigenvalue weighted by atomic mass is 16.6. The van der Waals surface area contributed by atoms with Crippen LogP contribution < -0.4 is 0 Å². The van der Waals surface area contributed by atoms with Gasteiger partial charge in [0, 0.05) is 0 Å². The van der Waals surface area contributed by atoms with Crippen molar-refractivity contribution in [2.45, 2.75) is 59.8 Å². The van der Waals surface area contributed by atoms with Crippen molar-refractivity contribution in [3.05, 3.63) is 12.7 Å². The Morgan fingerprint density at radius 1 is 1.10 bits per heavy atom. The molecule has 0 amide bonds. The van der Waals surface area contributed by atoms with Crippen molar-refractivity contribution in [1.29, 1.82) is 0 Å².